The van der Waals surface area contributed by atoms with E-state index < -0.39 is 74.2 Å². The van der Waals surface area contributed by atoms with Crippen LogP contribution >= 0.6 is 0 Å². The highest BCUT2D eigenvalue weighted by atomic mass is 16.7. The van der Waals surface area contributed by atoms with Crippen LogP contribution in [0.4, 0.5) is 0 Å². The molecule has 0 aromatic carbocycles. The Morgan fingerprint density at radius 2 is 0.682 bits per heavy atom. The Bertz CT molecular complexity index is 1530. The van der Waals surface area contributed by atoms with E-state index in [2.05, 4.69) is 55.6 Å². The molecular weight excluding hydrogens is 1100 g/mol. The van der Waals surface area contributed by atoms with Crippen LogP contribution in [-0.2, 0) is 14.3 Å². The maximum absolute atomic E-state index is 13.3. The van der Waals surface area contributed by atoms with Crippen molar-refractivity contribution in [3.05, 3.63) is 36.5 Å². The van der Waals surface area contributed by atoms with Gasteiger partial charge in [0.05, 0.1) is 25.4 Å². The van der Waals surface area contributed by atoms with Crippen molar-refractivity contribution in [1.29, 1.82) is 0 Å². The Morgan fingerprint density at radius 1 is 0.386 bits per heavy atom. The summed E-state index contributed by atoms with van der Waals surface area (Å²) in [5.74, 6) is -0.705. The largest absolute Gasteiger partial charge is 0.394 e. The molecule has 8 N–H and O–H groups in total. The highest BCUT2D eigenvalue weighted by molar-refractivity contribution is 5.80. The first-order chi connectivity index (χ1) is 43.2. The second-order valence-electron chi connectivity index (χ2n) is 27.1. The van der Waals surface area contributed by atoms with Gasteiger partial charge >= 0.3 is 0 Å². The molecule has 1 aliphatic heterocycles. The molecule has 0 saturated carbocycles. The Kier molecular flexibility index (Phi) is 62.7. The lowest BCUT2D eigenvalue weighted by Gasteiger charge is -2.40. The summed E-state index contributed by atoms with van der Waals surface area (Å²) in [6.45, 7) is 3.50. The van der Waals surface area contributed by atoms with Gasteiger partial charge in [-0.1, -0.05) is 352 Å². The van der Waals surface area contributed by atoms with E-state index >= 15 is 0 Å². The number of unbranched alkanes of at least 4 members (excludes halogenated alkanes) is 50. The van der Waals surface area contributed by atoms with Gasteiger partial charge in [-0.15, -0.1) is 0 Å². The van der Waals surface area contributed by atoms with E-state index in [1.807, 2.05) is 0 Å². The fourth-order valence-electron chi connectivity index (χ4n) is 12.5. The van der Waals surface area contributed by atoms with E-state index in [1.54, 1.807) is 0 Å². The first-order valence-electron chi connectivity index (χ1n) is 38.4. The summed E-state index contributed by atoms with van der Waals surface area (Å²) >= 11 is 0. The minimum atomic E-state index is -1.67. The second kappa shape index (κ2) is 65.4. The van der Waals surface area contributed by atoms with Crippen LogP contribution in [0.15, 0.2) is 36.5 Å². The number of hydrogen-bond acceptors (Lipinski definition) is 10. The smallest absolute Gasteiger partial charge is 0.249 e. The maximum atomic E-state index is 13.3. The highest BCUT2D eigenvalue weighted by Crippen LogP contribution is 2.24. The van der Waals surface area contributed by atoms with E-state index in [4.69, 9.17) is 9.47 Å². The number of carbonyl (C=O) groups is 1. The van der Waals surface area contributed by atoms with Crippen molar-refractivity contribution in [2.24, 2.45) is 0 Å². The van der Waals surface area contributed by atoms with E-state index in [0.29, 0.717) is 19.3 Å². The number of nitrogens with one attached hydrogen (secondary N) is 1. The van der Waals surface area contributed by atoms with Gasteiger partial charge in [-0.25, -0.2) is 0 Å². The summed E-state index contributed by atoms with van der Waals surface area (Å²) in [5.41, 5.74) is 0. The topological polar surface area (TPSA) is 189 Å². The Morgan fingerprint density at radius 3 is 1.01 bits per heavy atom. The van der Waals surface area contributed by atoms with Crippen molar-refractivity contribution in [3.8, 4) is 0 Å². The third kappa shape index (κ3) is 51.8. The number of ether oxygens (including phenoxy) is 2. The molecule has 0 aromatic heterocycles. The van der Waals surface area contributed by atoms with Gasteiger partial charge in [-0.3, -0.25) is 4.79 Å². The first-order valence-corrected chi connectivity index (χ1v) is 38.4. The molecule has 0 aromatic rings. The molecule has 11 heteroatoms. The molecule has 0 radical (unpaired) electrons. The predicted molar refractivity (Wildman–Crippen MR) is 372 cm³/mol. The lowest BCUT2D eigenvalue weighted by Crippen LogP contribution is -2.60. The second-order valence-corrected chi connectivity index (χ2v) is 27.1. The molecule has 0 aliphatic carbocycles. The van der Waals surface area contributed by atoms with E-state index in [9.17, 15) is 40.5 Å². The maximum Gasteiger partial charge on any atom is 0.249 e. The van der Waals surface area contributed by atoms with Crippen LogP contribution in [0.5, 0.6) is 0 Å². The Hall–Kier alpha value is -1.67. The van der Waals surface area contributed by atoms with E-state index in [0.717, 1.165) is 44.9 Å². The molecule has 88 heavy (non-hydrogen) atoms. The van der Waals surface area contributed by atoms with Crippen molar-refractivity contribution in [3.63, 3.8) is 0 Å². The van der Waals surface area contributed by atoms with Gasteiger partial charge in [0.1, 0.15) is 36.6 Å². The number of allylic oxidation sites excluding steroid dienone is 6. The fourth-order valence-corrected chi connectivity index (χ4v) is 12.5. The number of aliphatic hydroxyl groups is 7. The minimum Gasteiger partial charge on any atom is -0.394 e. The monoisotopic (exact) mass is 1250 g/mol. The molecule has 1 saturated heterocycles. The molecule has 1 heterocycles. The number of hydrogen-bond donors (Lipinski definition) is 8. The average molecular weight is 1250 g/mol. The zero-order chi connectivity index (χ0) is 63.9. The van der Waals surface area contributed by atoms with Crippen LogP contribution in [0.1, 0.15) is 380 Å². The zero-order valence-corrected chi connectivity index (χ0v) is 57.7. The van der Waals surface area contributed by atoms with Gasteiger partial charge in [0, 0.05) is 0 Å². The summed E-state index contributed by atoms with van der Waals surface area (Å²) in [7, 11) is 0. The molecule has 1 aliphatic rings. The van der Waals surface area contributed by atoms with Crippen molar-refractivity contribution >= 4 is 5.91 Å². The standard InChI is InChI=1S/C77H147NO10/c1-3-5-7-9-11-13-15-17-19-21-23-25-27-29-31-33-35-37-38-40-42-44-46-48-50-52-54-56-58-60-62-64-69(80)72(82)68(67-87-77-75(85)74(84)73(83)71(66-79)88-77)78-76(86)70(81)65-63-61-59-57-55-53-51-49-47-45-43-41-39-36-34-32-30-28-26-24-22-20-18-16-14-12-10-8-6-4-2/h40,42,48,50,56,58,68-75,77,79-85H,3-39,41,43-47,49,51-55,57,59-67H2,1-2H3,(H,78,86)/b42-40+,50-48+,58-56+. The molecule has 1 fully saturated rings. The summed E-state index contributed by atoms with van der Waals surface area (Å²) in [6.07, 6.45) is 74.0. The third-order valence-electron chi connectivity index (χ3n) is 18.7. The quantitative estimate of drug-likeness (QED) is 0.0215. The highest BCUT2D eigenvalue weighted by Gasteiger charge is 2.44. The summed E-state index contributed by atoms with van der Waals surface area (Å²) < 4.78 is 11.2. The summed E-state index contributed by atoms with van der Waals surface area (Å²) in [5, 5.41) is 76.6. The third-order valence-corrected chi connectivity index (χ3v) is 18.7. The molecular formula is C77H147NO10. The van der Waals surface area contributed by atoms with Crippen LogP contribution < -0.4 is 5.32 Å². The lowest BCUT2D eigenvalue weighted by atomic mass is 9.98. The molecule has 11 nitrogen and oxygen atoms in total. The van der Waals surface area contributed by atoms with Gasteiger partial charge in [0.2, 0.25) is 5.91 Å². The normalized spacial score (nSPS) is 18.8. The van der Waals surface area contributed by atoms with Crippen LogP contribution in [0.25, 0.3) is 0 Å². The Balaban J connectivity index is 2.19. The van der Waals surface area contributed by atoms with Crippen molar-refractivity contribution in [2.45, 2.75) is 435 Å². The van der Waals surface area contributed by atoms with Crippen molar-refractivity contribution in [1.82, 2.24) is 5.32 Å². The first kappa shape index (κ1) is 84.3. The lowest BCUT2D eigenvalue weighted by molar-refractivity contribution is -0.303. The average Bonchev–Trinajstić information content (AvgIpc) is 3.73. The molecule has 9 unspecified atom stereocenters. The van der Waals surface area contributed by atoms with Crippen LogP contribution in [-0.4, -0.2) is 110 Å². The van der Waals surface area contributed by atoms with Gasteiger partial charge in [0.25, 0.3) is 0 Å². The van der Waals surface area contributed by atoms with Crippen LogP contribution in [0, 0.1) is 0 Å². The molecule has 1 rings (SSSR count). The van der Waals surface area contributed by atoms with E-state index in [1.165, 1.54) is 289 Å². The molecule has 0 spiro atoms. The number of aliphatic hydroxyl groups excluding tert-OH is 7. The number of rotatable bonds is 68. The molecule has 520 valence electrons. The van der Waals surface area contributed by atoms with Crippen LogP contribution in [0.3, 0.4) is 0 Å². The van der Waals surface area contributed by atoms with Gasteiger partial charge in [-0.05, 0) is 64.2 Å². The molecule has 9 atom stereocenters. The SMILES string of the molecule is CCCCCCCCCCCCCCCCCCCC/C=C/CC/C=C/CC/C=C/CCCC(O)C(O)C(COC1OC(CO)C(O)C(O)C1O)NC(=O)C(O)CCCCCCCCCCCCCCCCCCCCCCCCCCCCCCCC. The van der Waals surface area contributed by atoms with Crippen molar-refractivity contribution in [2.75, 3.05) is 13.2 Å². The summed E-state index contributed by atoms with van der Waals surface area (Å²) in [4.78, 5) is 13.3. The molecule has 0 bridgehead atoms. The van der Waals surface area contributed by atoms with E-state index in [-0.39, 0.29) is 12.8 Å². The zero-order valence-electron chi connectivity index (χ0n) is 57.7. The number of carbonyl (C=O) groups excluding carboxylic acids is 1. The van der Waals surface area contributed by atoms with Gasteiger partial charge in [-0.2, -0.15) is 0 Å². The minimum absolute atomic E-state index is 0.243. The van der Waals surface area contributed by atoms with Crippen molar-refractivity contribution < 1.29 is 50.0 Å². The number of amides is 1. The fraction of sp³-hybridized carbons (Fsp3) is 0.909. The van der Waals surface area contributed by atoms with Gasteiger partial charge in [0.15, 0.2) is 6.29 Å². The summed E-state index contributed by atoms with van der Waals surface area (Å²) in [6, 6.07) is -1.20. The van der Waals surface area contributed by atoms with Crippen LogP contribution in [0.2, 0.25) is 0 Å². The predicted octanol–water partition coefficient (Wildman–Crippen LogP) is 19.3. The van der Waals surface area contributed by atoms with Gasteiger partial charge < -0.3 is 50.5 Å². The Labute approximate surface area is 543 Å². The molecule has 1 amide bonds.